The molecule has 0 radical (unpaired) electrons. The van der Waals surface area contributed by atoms with Crippen LogP contribution in [0, 0.1) is 5.92 Å². The standard InChI is InChI=1S/C13H23N3O4/c1-13(2,11(14)19)16-12(20)15-9-7-5-3-4-6-8(9)10(17)18/h8-9H,3-7H2,1-2H3,(H2,14,19)(H,17,18)(H2,15,16,20). The van der Waals surface area contributed by atoms with Crippen LogP contribution < -0.4 is 16.4 Å². The average Bonchev–Trinajstić information content (AvgIpc) is 2.53. The zero-order chi connectivity index (χ0) is 15.3. The third-order valence-electron chi connectivity index (χ3n) is 3.69. The van der Waals surface area contributed by atoms with Gasteiger partial charge in [-0.2, -0.15) is 0 Å². The lowest BCUT2D eigenvalue weighted by Crippen LogP contribution is -2.58. The summed E-state index contributed by atoms with van der Waals surface area (Å²) in [5.74, 6) is -2.13. The predicted octanol–water partition coefficient (Wildman–Crippen LogP) is 0.583. The molecule has 1 fully saturated rings. The fourth-order valence-corrected chi connectivity index (χ4v) is 2.33. The molecule has 0 heterocycles. The van der Waals surface area contributed by atoms with E-state index in [1.54, 1.807) is 0 Å². The van der Waals surface area contributed by atoms with Crippen LogP contribution in [0.1, 0.15) is 46.0 Å². The van der Waals surface area contributed by atoms with Crippen LogP contribution in [0.2, 0.25) is 0 Å². The van der Waals surface area contributed by atoms with E-state index in [0.29, 0.717) is 12.8 Å². The number of hydrogen-bond acceptors (Lipinski definition) is 3. The summed E-state index contributed by atoms with van der Waals surface area (Å²) >= 11 is 0. The van der Waals surface area contributed by atoms with Gasteiger partial charge in [-0.25, -0.2) is 4.79 Å². The maximum atomic E-state index is 11.9. The fourth-order valence-electron chi connectivity index (χ4n) is 2.33. The minimum Gasteiger partial charge on any atom is -0.481 e. The number of carboxylic acids is 1. The van der Waals surface area contributed by atoms with E-state index >= 15 is 0 Å². The first kappa shape index (κ1) is 16.3. The summed E-state index contributed by atoms with van der Waals surface area (Å²) in [6.07, 6.45) is 3.88. The third kappa shape index (κ3) is 4.40. The van der Waals surface area contributed by atoms with Gasteiger partial charge in [-0.15, -0.1) is 0 Å². The van der Waals surface area contributed by atoms with E-state index < -0.39 is 35.4 Å². The molecule has 7 nitrogen and oxygen atoms in total. The molecule has 0 aromatic carbocycles. The van der Waals surface area contributed by atoms with Crippen molar-refractivity contribution in [3.8, 4) is 0 Å². The number of rotatable bonds is 4. The molecule has 5 N–H and O–H groups in total. The van der Waals surface area contributed by atoms with Gasteiger partial charge in [0.25, 0.3) is 0 Å². The molecule has 0 bridgehead atoms. The molecule has 7 heteroatoms. The molecule has 3 amide bonds. The largest absolute Gasteiger partial charge is 0.481 e. The van der Waals surface area contributed by atoms with Gasteiger partial charge in [0.1, 0.15) is 5.54 Å². The number of carbonyl (C=O) groups is 3. The van der Waals surface area contributed by atoms with E-state index in [0.717, 1.165) is 19.3 Å². The average molecular weight is 285 g/mol. The van der Waals surface area contributed by atoms with Crippen LogP contribution in [0.4, 0.5) is 4.79 Å². The lowest BCUT2D eigenvalue weighted by molar-refractivity contribution is -0.142. The van der Waals surface area contributed by atoms with Crippen molar-refractivity contribution in [2.24, 2.45) is 11.7 Å². The van der Waals surface area contributed by atoms with Crippen molar-refractivity contribution in [2.45, 2.75) is 57.5 Å². The summed E-state index contributed by atoms with van der Waals surface area (Å²) in [6, 6.07) is -0.981. The van der Waals surface area contributed by atoms with Crippen LogP contribution in [0.25, 0.3) is 0 Å². The van der Waals surface area contributed by atoms with E-state index in [-0.39, 0.29) is 0 Å². The lowest BCUT2D eigenvalue weighted by atomic mass is 9.95. The van der Waals surface area contributed by atoms with Gasteiger partial charge in [-0.05, 0) is 26.7 Å². The van der Waals surface area contributed by atoms with Crippen LogP contribution in [-0.2, 0) is 9.59 Å². The summed E-state index contributed by atoms with van der Waals surface area (Å²) in [7, 11) is 0. The summed E-state index contributed by atoms with van der Waals surface area (Å²) in [6.45, 7) is 2.99. The Morgan fingerprint density at radius 3 is 2.30 bits per heavy atom. The van der Waals surface area contributed by atoms with Gasteiger partial charge in [0.2, 0.25) is 5.91 Å². The molecule has 0 saturated heterocycles. The van der Waals surface area contributed by atoms with Gasteiger partial charge in [-0.1, -0.05) is 19.3 Å². The van der Waals surface area contributed by atoms with Crippen molar-refractivity contribution < 1.29 is 19.5 Å². The zero-order valence-electron chi connectivity index (χ0n) is 11.9. The lowest BCUT2D eigenvalue weighted by Gasteiger charge is -2.27. The first-order valence-corrected chi connectivity index (χ1v) is 6.85. The highest BCUT2D eigenvalue weighted by Gasteiger charge is 2.33. The SMILES string of the molecule is CC(C)(NC(=O)NC1CCCCCC1C(=O)O)C(N)=O. The summed E-state index contributed by atoms with van der Waals surface area (Å²) < 4.78 is 0. The fraction of sp³-hybridized carbons (Fsp3) is 0.769. The van der Waals surface area contributed by atoms with Gasteiger partial charge in [0, 0.05) is 6.04 Å². The number of nitrogens with one attached hydrogen (secondary N) is 2. The van der Waals surface area contributed by atoms with Crippen LogP contribution >= 0.6 is 0 Å². The quantitative estimate of drug-likeness (QED) is 0.564. The Morgan fingerprint density at radius 2 is 1.75 bits per heavy atom. The molecular formula is C13H23N3O4. The second kappa shape index (κ2) is 6.58. The van der Waals surface area contributed by atoms with E-state index in [1.165, 1.54) is 13.8 Å². The highest BCUT2D eigenvalue weighted by atomic mass is 16.4. The molecule has 1 saturated carbocycles. The monoisotopic (exact) mass is 285 g/mol. The van der Waals surface area contributed by atoms with E-state index in [4.69, 9.17) is 5.73 Å². The Bertz CT molecular complexity index is 395. The van der Waals surface area contributed by atoms with Crippen molar-refractivity contribution in [3.05, 3.63) is 0 Å². The molecule has 0 spiro atoms. The number of carbonyl (C=O) groups excluding carboxylic acids is 2. The Hall–Kier alpha value is -1.79. The maximum Gasteiger partial charge on any atom is 0.315 e. The summed E-state index contributed by atoms with van der Waals surface area (Å²) in [5, 5.41) is 14.3. The Kier molecular flexibility index (Phi) is 5.35. The number of primary amides is 1. The minimum absolute atomic E-state index is 0.418. The van der Waals surface area contributed by atoms with Crippen LogP contribution in [0.5, 0.6) is 0 Å². The van der Waals surface area contributed by atoms with Crippen molar-refractivity contribution in [1.29, 1.82) is 0 Å². The number of hydrogen-bond donors (Lipinski definition) is 4. The molecule has 20 heavy (non-hydrogen) atoms. The number of aliphatic carboxylic acids is 1. The van der Waals surface area contributed by atoms with E-state index in [1.807, 2.05) is 0 Å². The number of amides is 3. The highest BCUT2D eigenvalue weighted by molar-refractivity contribution is 5.89. The molecule has 1 aliphatic carbocycles. The van der Waals surface area contributed by atoms with Crippen LogP contribution in [0.3, 0.4) is 0 Å². The Morgan fingerprint density at radius 1 is 1.15 bits per heavy atom. The maximum absolute atomic E-state index is 11.9. The van der Waals surface area contributed by atoms with Gasteiger partial charge in [0.05, 0.1) is 5.92 Å². The minimum atomic E-state index is -1.17. The van der Waals surface area contributed by atoms with Crippen LogP contribution in [0.15, 0.2) is 0 Å². The molecule has 2 atom stereocenters. The van der Waals surface area contributed by atoms with Crippen molar-refractivity contribution >= 4 is 17.9 Å². The smallest absolute Gasteiger partial charge is 0.315 e. The van der Waals surface area contributed by atoms with Crippen molar-refractivity contribution in [3.63, 3.8) is 0 Å². The van der Waals surface area contributed by atoms with Gasteiger partial charge in [0.15, 0.2) is 0 Å². The Balaban J connectivity index is 2.66. The second-order valence-electron chi connectivity index (χ2n) is 5.78. The predicted molar refractivity (Wildman–Crippen MR) is 72.9 cm³/mol. The molecule has 0 aliphatic heterocycles. The molecule has 0 aromatic rings. The number of urea groups is 1. The normalized spacial score (nSPS) is 23.5. The molecular weight excluding hydrogens is 262 g/mol. The van der Waals surface area contributed by atoms with Crippen molar-refractivity contribution in [1.82, 2.24) is 10.6 Å². The van der Waals surface area contributed by atoms with Gasteiger partial charge in [-0.3, -0.25) is 9.59 Å². The van der Waals surface area contributed by atoms with Crippen molar-refractivity contribution in [2.75, 3.05) is 0 Å². The highest BCUT2D eigenvalue weighted by Crippen LogP contribution is 2.23. The number of nitrogens with two attached hydrogens (primary N) is 1. The molecule has 1 aliphatic rings. The first-order chi connectivity index (χ1) is 9.24. The second-order valence-corrected chi connectivity index (χ2v) is 5.78. The summed E-state index contributed by atoms with van der Waals surface area (Å²) in [4.78, 5) is 34.3. The zero-order valence-corrected chi connectivity index (χ0v) is 11.9. The molecule has 114 valence electrons. The van der Waals surface area contributed by atoms with Gasteiger partial charge < -0.3 is 21.5 Å². The number of carboxylic acid groups (broad SMARTS) is 1. The van der Waals surface area contributed by atoms with Gasteiger partial charge >= 0.3 is 12.0 Å². The molecule has 2 unspecified atom stereocenters. The topological polar surface area (TPSA) is 122 Å². The van der Waals surface area contributed by atoms with E-state index in [2.05, 4.69) is 10.6 Å². The molecule has 1 rings (SSSR count). The first-order valence-electron chi connectivity index (χ1n) is 6.85. The Labute approximate surface area is 118 Å². The van der Waals surface area contributed by atoms with Crippen LogP contribution in [-0.4, -0.2) is 34.6 Å². The van der Waals surface area contributed by atoms with E-state index in [9.17, 15) is 19.5 Å². The molecule has 0 aromatic heterocycles. The third-order valence-corrected chi connectivity index (χ3v) is 3.69. The summed E-state index contributed by atoms with van der Waals surface area (Å²) in [5.41, 5.74) is 4.00.